The highest BCUT2D eigenvalue weighted by molar-refractivity contribution is 7.14. The van der Waals surface area contributed by atoms with Crippen LogP contribution >= 0.6 is 11.3 Å². The smallest absolute Gasteiger partial charge is 0.270 e. The number of aromatic nitrogens is 1. The Balaban J connectivity index is 1.34. The Hall–Kier alpha value is -2.18. The van der Waals surface area contributed by atoms with E-state index >= 15 is 0 Å². The molecule has 0 saturated carbocycles. The molecule has 6 heteroatoms. The van der Waals surface area contributed by atoms with E-state index in [9.17, 15) is 4.79 Å². The van der Waals surface area contributed by atoms with Crippen LogP contribution in [0.5, 0.6) is 0 Å². The third kappa shape index (κ3) is 7.26. The van der Waals surface area contributed by atoms with Crippen LogP contribution in [0, 0.1) is 0 Å². The molecule has 0 radical (unpaired) electrons. The fraction of sp³-hybridized carbons (Fsp3) is 0.500. The Kier molecular flexibility index (Phi) is 9.38. The lowest BCUT2D eigenvalue weighted by Gasteiger charge is -2.15. The molecule has 0 atom stereocenters. The van der Waals surface area contributed by atoms with Crippen LogP contribution in [-0.4, -0.2) is 37.6 Å². The predicted molar refractivity (Wildman–Crippen MR) is 127 cm³/mol. The summed E-state index contributed by atoms with van der Waals surface area (Å²) in [6.07, 6.45) is 12.6. The minimum Gasteiger partial charge on any atom is -0.351 e. The summed E-state index contributed by atoms with van der Waals surface area (Å²) in [6.45, 7) is 2.55. The first-order valence-corrected chi connectivity index (χ1v) is 12.0. The average molecular weight is 427 g/mol. The highest BCUT2D eigenvalue weighted by atomic mass is 32.1. The first-order chi connectivity index (χ1) is 14.7. The highest BCUT2D eigenvalue weighted by Crippen LogP contribution is 2.26. The van der Waals surface area contributed by atoms with E-state index in [1.54, 1.807) is 5.57 Å². The van der Waals surface area contributed by atoms with Gasteiger partial charge in [-0.2, -0.15) is 0 Å². The Labute approximate surface area is 184 Å². The van der Waals surface area contributed by atoms with Crippen molar-refractivity contribution in [2.75, 3.05) is 31.6 Å². The Morgan fingerprint density at radius 3 is 2.77 bits per heavy atom. The van der Waals surface area contributed by atoms with Crippen LogP contribution in [0.3, 0.4) is 0 Å². The van der Waals surface area contributed by atoms with Gasteiger partial charge in [-0.15, -0.1) is 11.3 Å². The molecule has 0 fully saturated rings. The molecule has 30 heavy (non-hydrogen) atoms. The van der Waals surface area contributed by atoms with Gasteiger partial charge in [0, 0.05) is 31.2 Å². The summed E-state index contributed by atoms with van der Waals surface area (Å²) in [5.41, 5.74) is 3.10. The van der Waals surface area contributed by atoms with Crippen LogP contribution < -0.4 is 15.5 Å². The molecular weight excluding hydrogens is 392 g/mol. The molecule has 2 aromatic rings. The zero-order chi connectivity index (χ0) is 21.0. The number of allylic oxidation sites excluding steroid dienone is 1. The van der Waals surface area contributed by atoms with E-state index in [0.717, 1.165) is 30.3 Å². The second-order valence-electron chi connectivity index (χ2n) is 7.86. The number of para-hydroxylation sites is 1. The average Bonchev–Trinajstić information content (AvgIpc) is 3.31. The lowest BCUT2D eigenvalue weighted by atomic mass is 10.1. The van der Waals surface area contributed by atoms with Gasteiger partial charge in [-0.3, -0.25) is 4.79 Å². The van der Waals surface area contributed by atoms with Crippen molar-refractivity contribution in [3.63, 3.8) is 0 Å². The highest BCUT2D eigenvalue weighted by Gasteiger charge is 2.13. The van der Waals surface area contributed by atoms with Gasteiger partial charge in [-0.05, 0) is 50.8 Å². The van der Waals surface area contributed by atoms with E-state index < -0.39 is 0 Å². The van der Waals surface area contributed by atoms with Crippen molar-refractivity contribution in [3.05, 3.63) is 53.1 Å². The van der Waals surface area contributed by atoms with Gasteiger partial charge in [0.25, 0.3) is 5.91 Å². The molecule has 162 valence electrons. The maximum atomic E-state index is 12.4. The van der Waals surface area contributed by atoms with Gasteiger partial charge in [-0.25, -0.2) is 4.98 Å². The summed E-state index contributed by atoms with van der Waals surface area (Å²) in [5, 5.41) is 9.16. The van der Waals surface area contributed by atoms with Crippen LogP contribution in [0.25, 0.3) is 0 Å². The minimum atomic E-state index is -0.0991. The number of anilines is 2. The van der Waals surface area contributed by atoms with Crippen molar-refractivity contribution in [1.29, 1.82) is 0 Å². The second-order valence-corrected chi connectivity index (χ2v) is 8.70. The Morgan fingerprint density at radius 2 is 1.90 bits per heavy atom. The largest absolute Gasteiger partial charge is 0.351 e. The number of hydrogen-bond donors (Lipinski definition) is 2. The van der Waals surface area contributed by atoms with Crippen LogP contribution in [0.1, 0.15) is 61.9 Å². The molecule has 1 aromatic carbocycles. The number of carbonyl (C=O) groups is 1. The van der Waals surface area contributed by atoms with Crippen LogP contribution in [0.2, 0.25) is 0 Å². The lowest BCUT2D eigenvalue weighted by Crippen LogP contribution is -2.28. The number of nitrogens with zero attached hydrogens (tertiary/aromatic N) is 2. The first-order valence-electron chi connectivity index (χ1n) is 11.1. The Bertz CT molecular complexity index is 803. The van der Waals surface area contributed by atoms with Crippen LogP contribution in [0.15, 0.2) is 47.4 Å². The third-order valence-electron chi connectivity index (χ3n) is 5.46. The summed E-state index contributed by atoms with van der Waals surface area (Å²) in [6, 6.07) is 10.0. The standard InChI is InChI=1S/C24H34N4OS/c1-28(21-14-9-6-10-15-21)24-27-22(19-30-24)23(29)26-17-11-16-25-18-20-12-7-4-2-3-5-8-13-20/h6,9-10,12,14-15,19,25H,2-5,7-8,11,13,16-18H2,1H3,(H,26,29)/b20-12+. The summed E-state index contributed by atoms with van der Waals surface area (Å²) in [7, 11) is 1.97. The van der Waals surface area contributed by atoms with E-state index in [1.165, 1.54) is 56.3 Å². The van der Waals surface area contributed by atoms with Gasteiger partial charge in [0.1, 0.15) is 5.69 Å². The SMILES string of the molecule is CN(c1ccccc1)c1nc(C(=O)NCCCNC/C2=C/CCCCCCC2)cs1. The van der Waals surface area contributed by atoms with Crippen molar-refractivity contribution in [1.82, 2.24) is 15.6 Å². The Morgan fingerprint density at radius 1 is 1.10 bits per heavy atom. The van der Waals surface area contributed by atoms with Crippen molar-refractivity contribution < 1.29 is 4.79 Å². The van der Waals surface area contributed by atoms with Gasteiger partial charge in [0.05, 0.1) is 0 Å². The number of benzene rings is 1. The summed E-state index contributed by atoms with van der Waals surface area (Å²) in [4.78, 5) is 18.9. The zero-order valence-electron chi connectivity index (χ0n) is 18.0. The molecule has 5 nitrogen and oxygen atoms in total. The van der Waals surface area contributed by atoms with Gasteiger partial charge in [0.15, 0.2) is 5.13 Å². The molecule has 2 N–H and O–H groups in total. The fourth-order valence-corrected chi connectivity index (χ4v) is 4.43. The van der Waals surface area contributed by atoms with Gasteiger partial charge < -0.3 is 15.5 Å². The van der Waals surface area contributed by atoms with E-state index in [0.29, 0.717) is 12.2 Å². The number of carbonyl (C=O) groups excluding carboxylic acids is 1. The molecule has 0 aliphatic heterocycles. The number of hydrogen-bond acceptors (Lipinski definition) is 5. The molecule has 1 amide bonds. The van der Waals surface area contributed by atoms with Gasteiger partial charge in [-0.1, -0.05) is 49.1 Å². The molecule has 1 aromatic heterocycles. The number of amides is 1. The van der Waals surface area contributed by atoms with E-state index in [4.69, 9.17) is 0 Å². The van der Waals surface area contributed by atoms with Crippen molar-refractivity contribution in [3.8, 4) is 0 Å². The topological polar surface area (TPSA) is 57.3 Å². The van der Waals surface area contributed by atoms with Gasteiger partial charge in [0.2, 0.25) is 0 Å². The maximum Gasteiger partial charge on any atom is 0.270 e. The molecule has 1 aliphatic rings. The number of rotatable bonds is 9. The molecule has 0 saturated heterocycles. The van der Waals surface area contributed by atoms with Crippen molar-refractivity contribution in [2.24, 2.45) is 0 Å². The molecule has 3 rings (SSSR count). The van der Waals surface area contributed by atoms with E-state index in [-0.39, 0.29) is 5.91 Å². The van der Waals surface area contributed by atoms with E-state index in [1.807, 2.05) is 47.7 Å². The predicted octanol–water partition coefficient (Wildman–Crippen LogP) is 5.29. The van der Waals surface area contributed by atoms with Crippen molar-refractivity contribution in [2.45, 2.75) is 51.4 Å². The molecular formula is C24H34N4OS. The molecule has 0 bridgehead atoms. The quantitative estimate of drug-likeness (QED) is 0.422. The lowest BCUT2D eigenvalue weighted by molar-refractivity contribution is 0.0949. The van der Waals surface area contributed by atoms with Crippen LogP contribution in [-0.2, 0) is 0 Å². The van der Waals surface area contributed by atoms with Crippen LogP contribution in [0.4, 0.5) is 10.8 Å². The van der Waals surface area contributed by atoms with Crippen molar-refractivity contribution >= 4 is 28.1 Å². The fourth-order valence-electron chi connectivity index (χ4n) is 3.64. The summed E-state index contributed by atoms with van der Waals surface area (Å²) >= 11 is 1.48. The number of nitrogens with one attached hydrogen (secondary N) is 2. The zero-order valence-corrected chi connectivity index (χ0v) is 18.8. The second kappa shape index (κ2) is 12.5. The monoisotopic (exact) mass is 426 g/mol. The number of thiazole rings is 1. The summed E-state index contributed by atoms with van der Waals surface area (Å²) < 4.78 is 0. The third-order valence-corrected chi connectivity index (χ3v) is 6.38. The molecule has 1 heterocycles. The molecule has 0 spiro atoms. The summed E-state index contributed by atoms with van der Waals surface area (Å²) in [5.74, 6) is -0.0991. The first kappa shape index (κ1) is 22.5. The maximum absolute atomic E-state index is 12.4. The van der Waals surface area contributed by atoms with Gasteiger partial charge >= 0.3 is 0 Å². The van der Waals surface area contributed by atoms with E-state index in [2.05, 4.69) is 21.7 Å². The normalized spacial score (nSPS) is 16.6. The molecule has 1 aliphatic carbocycles. The molecule has 0 unspecified atom stereocenters. The minimum absolute atomic E-state index is 0.0991.